The zero-order valence-electron chi connectivity index (χ0n) is 20.8. The van der Waals surface area contributed by atoms with Crippen LogP contribution in [0.5, 0.6) is 11.5 Å². The number of nitrogens with zero attached hydrogens (tertiary/aromatic N) is 1. The van der Waals surface area contributed by atoms with Gasteiger partial charge in [-0.15, -0.1) is 0 Å². The lowest BCUT2D eigenvalue weighted by atomic mass is 9.97. The van der Waals surface area contributed by atoms with Gasteiger partial charge in [-0.2, -0.15) is 0 Å². The van der Waals surface area contributed by atoms with Crippen LogP contribution in [0.3, 0.4) is 0 Å². The molecule has 0 radical (unpaired) electrons. The SMILES string of the molecule is COc1cccc2c1cc(C(N)=O)n2[C@H](C(=O)N[C@@H](C[C@@H]1CCNC1=O)C(N)=O)[C@@H]1Cc2ccccc2O1. The van der Waals surface area contributed by atoms with Gasteiger partial charge in [0.15, 0.2) is 0 Å². The summed E-state index contributed by atoms with van der Waals surface area (Å²) in [6.07, 6.45) is 0.253. The van der Waals surface area contributed by atoms with Gasteiger partial charge in [0, 0.05) is 24.3 Å². The van der Waals surface area contributed by atoms with Gasteiger partial charge in [0.1, 0.15) is 35.4 Å². The lowest BCUT2D eigenvalue weighted by molar-refractivity contribution is -0.132. The number of aromatic nitrogens is 1. The monoisotopic (exact) mass is 519 g/mol. The molecular formula is C27H29N5O6. The summed E-state index contributed by atoms with van der Waals surface area (Å²) in [6, 6.07) is 12.0. The molecule has 0 spiro atoms. The second-order valence-corrected chi connectivity index (χ2v) is 9.55. The maximum Gasteiger partial charge on any atom is 0.265 e. The summed E-state index contributed by atoms with van der Waals surface area (Å²) >= 11 is 0. The van der Waals surface area contributed by atoms with Gasteiger partial charge >= 0.3 is 0 Å². The first kappa shape index (κ1) is 25.1. The van der Waals surface area contributed by atoms with E-state index in [0.717, 1.165) is 5.56 Å². The van der Waals surface area contributed by atoms with E-state index in [1.807, 2.05) is 18.2 Å². The van der Waals surface area contributed by atoms with Crippen molar-refractivity contribution in [2.45, 2.75) is 37.5 Å². The number of para-hydroxylation sites is 1. The number of rotatable bonds is 9. The number of ether oxygens (including phenoxy) is 2. The van der Waals surface area contributed by atoms with Crippen LogP contribution < -0.4 is 31.6 Å². The van der Waals surface area contributed by atoms with Gasteiger partial charge in [-0.05, 0) is 42.7 Å². The molecule has 2 aliphatic heterocycles. The molecular weight excluding hydrogens is 490 g/mol. The molecule has 5 rings (SSSR count). The number of hydrogen-bond donors (Lipinski definition) is 4. The lowest BCUT2D eigenvalue weighted by Crippen LogP contribution is -2.51. The van der Waals surface area contributed by atoms with Crippen molar-refractivity contribution >= 4 is 34.5 Å². The molecule has 11 heteroatoms. The van der Waals surface area contributed by atoms with Crippen LogP contribution in [-0.4, -0.2) is 54.0 Å². The van der Waals surface area contributed by atoms with Crippen molar-refractivity contribution in [2.75, 3.05) is 13.7 Å². The number of primary amides is 2. The quantitative estimate of drug-likeness (QED) is 0.326. The highest BCUT2D eigenvalue weighted by Crippen LogP contribution is 2.38. The second kappa shape index (κ2) is 10.1. The average Bonchev–Trinajstić information content (AvgIpc) is 3.60. The average molecular weight is 520 g/mol. The van der Waals surface area contributed by atoms with E-state index >= 15 is 0 Å². The van der Waals surface area contributed by atoms with Gasteiger partial charge in [0.25, 0.3) is 5.91 Å². The van der Waals surface area contributed by atoms with Gasteiger partial charge in [0.05, 0.1) is 12.6 Å². The number of nitrogens with two attached hydrogens (primary N) is 2. The van der Waals surface area contributed by atoms with Crippen LogP contribution >= 0.6 is 0 Å². The summed E-state index contributed by atoms with van der Waals surface area (Å²) in [7, 11) is 1.51. The molecule has 2 aliphatic rings. The molecule has 1 aromatic heterocycles. The Bertz CT molecular complexity index is 1410. The normalized spacial score (nSPS) is 19.8. The van der Waals surface area contributed by atoms with Crippen LogP contribution in [0, 0.1) is 5.92 Å². The number of methoxy groups -OCH3 is 1. The van der Waals surface area contributed by atoms with E-state index in [9.17, 15) is 19.2 Å². The molecule has 1 fully saturated rings. The Labute approximate surface area is 218 Å². The Morgan fingerprint density at radius 3 is 2.63 bits per heavy atom. The molecule has 4 amide bonds. The number of carbonyl (C=O) groups excluding carboxylic acids is 4. The maximum atomic E-state index is 14.0. The Morgan fingerprint density at radius 2 is 1.97 bits per heavy atom. The zero-order valence-corrected chi connectivity index (χ0v) is 20.8. The van der Waals surface area contributed by atoms with Gasteiger partial charge in [-0.3, -0.25) is 19.2 Å². The van der Waals surface area contributed by atoms with Crippen LogP contribution in [-0.2, 0) is 20.8 Å². The minimum Gasteiger partial charge on any atom is -0.496 e. The molecule has 3 heterocycles. The number of carbonyl (C=O) groups is 4. The highest BCUT2D eigenvalue weighted by Gasteiger charge is 2.41. The van der Waals surface area contributed by atoms with Crippen LogP contribution in [0.25, 0.3) is 10.9 Å². The highest BCUT2D eigenvalue weighted by molar-refractivity contribution is 6.01. The van der Waals surface area contributed by atoms with Crippen molar-refractivity contribution in [1.82, 2.24) is 15.2 Å². The van der Waals surface area contributed by atoms with E-state index in [0.29, 0.717) is 41.8 Å². The van der Waals surface area contributed by atoms with Crippen LogP contribution in [0.4, 0.5) is 0 Å². The molecule has 4 atom stereocenters. The maximum absolute atomic E-state index is 14.0. The van der Waals surface area contributed by atoms with Gasteiger partial charge in [0.2, 0.25) is 17.7 Å². The molecule has 1 saturated heterocycles. The molecule has 0 saturated carbocycles. The first-order chi connectivity index (χ1) is 18.3. The first-order valence-electron chi connectivity index (χ1n) is 12.4. The molecule has 3 aromatic rings. The second-order valence-electron chi connectivity index (χ2n) is 9.55. The van der Waals surface area contributed by atoms with E-state index in [4.69, 9.17) is 20.9 Å². The third-order valence-corrected chi connectivity index (χ3v) is 7.23. The summed E-state index contributed by atoms with van der Waals surface area (Å²) in [5.74, 6) is -1.60. The van der Waals surface area contributed by atoms with E-state index in [1.165, 1.54) is 11.7 Å². The van der Waals surface area contributed by atoms with Crippen molar-refractivity contribution in [3.05, 3.63) is 59.8 Å². The Kier molecular flexibility index (Phi) is 6.66. The predicted molar refractivity (Wildman–Crippen MR) is 137 cm³/mol. The number of fused-ring (bicyclic) bond motifs is 2. The molecule has 2 aromatic carbocycles. The topological polar surface area (TPSA) is 168 Å². The zero-order chi connectivity index (χ0) is 27.0. The van der Waals surface area contributed by atoms with E-state index in [2.05, 4.69) is 10.6 Å². The van der Waals surface area contributed by atoms with E-state index < -0.39 is 41.8 Å². The fraction of sp³-hybridized carbons (Fsp3) is 0.333. The van der Waals surface area contributed by atoms with Gasteiger partial charge in [-0.25, -0.2) is 0 Å². The summed E-state index contributed by atoms with van der Waals surface area (Å²) in [5.41, 5.74) is 12.9. The molecule has 0 unspecified atom stereocenters. The van der Waals surface area contributed by atoms with Crippen molar-refractivity contribution in [1.29, 1.82) is 0 Å². The number of hydrogen-bond acceptors (Lipinski definition) is 6. The van der Waals surface area contributed by atoms with Crippen molar-refractivity contribution in [3.63, 3.8) is 0 Å². The van der Waals surface area contributed by atoms with Crippen LogP contribution in [0.1, 0.15) is 34.9 Å². The summed E-state index contributed by atoms with van der Waals surface area (Å²) < 4.78 is 13.2. The molecule has 38 heavy (non-hydrogen) atoms. The summed E-state index contributed by atoms with van der Waals surface area (Å²) in [4.78, 5) is 51.1. The lowest BCUT2D eigenvalue weighted by Gasteiger charge is -2.28. The third kappa shape index (κ3) is 4.51. The largest absolute Gasteiger partial charge is 0.496 e. The van der Waals surface area contributed by atoms with Gasteiger partial charge < -0.3 is 36.1 Å². The number of nitrogens with one attached hydrogen (secondary N) is 2. The van der Waals surface area contributed by atoms with Crippen molar-refractivity contribution in [2.24, 2.45) is 17.4 Å². The number of benzene rings is 2. The van der Waals surface area contributed by atoms with Crippen molar-refractivity contribution < 1.29 is 28.7 Å². The first-order valence-corrected chi connectivity index (χ1v) is 12.4. The Hall–Kier alpha value is -4.54. The van der Waals surface area contributed by atoms with Crippen molar-refractivity contribution in [3.8, 4) is 11.5 Å². The number of amides is 4. The van der Waals surface area contributed by atoms with Crippen LogP contribution in [0.15, 0.2) is 48.5 Å². The summed E-state index contributed by atoms with van der Waals surface area (Å²) in [5, 5.41) is 6.05. The Morgan fingerprint density at radius 1 is 1.18 bits per heavy atom. The fourth-order valence-electron chi connectivity index (χ4n) is 5.39. The molecule has 11 nitrogen and oxygen atoms in total. The molecule has 198 valence electrons. The smallest absolute Gasteiger partial charge is 0.265 e. The van der Waals surface area contributed by atoms with Crippen LogP contribution in [0.2, 0.25) is 0 Å². The minimum atomic E-state index is -1.10. The Balaban J connectivity index is 1.58. The fourth-order valence-corrected chi connectivity index (χ4v) is 5.39. The standard InChI is InChI=1S/C27H29N5O6/c1-37-21-8-4-6-18-16(21)13-19(25(29)34)32(18)23(22-12-14-5-2-3-7-20(14)38-22)27(36)31-17(24(28)33)11-15-9-10-30-26(15)35/h2-8,13,15,17,22-23H,9-12H2,1H3,(H2,28,33)(H2,29,34)(H,30,35)(H,31,36)/t15-,17-,22-,23-/m0/s1. The predicted octanol–water partition coefficient (Wildman–Crippen LogP) is 0.790. The van der Waals surface area contributed by atoms with Gasteiger partial charge in [-0.1, -0.05) is 24.3 Å². The highest BCUT2D eigenvalue weighted by atomic mass is 16.5. The molecule has 0 aliphatic carbocycles. The third-order valence-electron chi connectivity index (χ3n) is 7.23. The molecule has 6 N–H and O–H groups in total. The minimum absolute atomic E-state index is 0.0638. The summed E-state index contributed by atoms with van der Waals surface area (Å²) in [6.45, 7) is 0.499. The molecule has 0 bridgehead atoms. The van der Waals surface area contributed by atoms with E-state index in [-0.39, 0.29) is 18.0 Å². The van der Waals surface area contributed by atoms with E-state index in [1.54, 1.807) is 30.3 Å².